The van der Waals surface area contributed by atoms with Crippen LogP contribution in [0.2, 0.25) is 5.02 Å². The molecule has 0 saturated heterocycles. The molecule has 0 radical (unpaired) electrons. The number of hydrogen-bond donors (Lipinski definition) is 2. The summed E-state index contributed by atoms with van der Waals surface area (Å²) in [5.41, 5.74) is 7.28. The average Bonchev–Trinajstić information content (AvgIpc) is 3.25. The predicted molar refractivity (Wildman–Crippen MR) is 124 cm³/mol. The van der Waals surface area contributed by atoms with E-state index >= 15 is 0 Å². The summed E-state index contributed by atoms with van der Waals surface area (Å²) >= 11 is 5.86. The minimum absolute atomic E-state index is 0.0888. The summed E-state index contributed by atoms with van der Waals surface area (Å²) in [7, 11) is -3.91. The first-order chi connectivity index (χ1) is 15.7. The second-order valence-electron chi connectivity index (χ2n) is 7.32. The lowest BCUT2D eigenvalue weighted by atomic mass is 9.96. The Balaban J connectivity index is 0.000000275. The summed E-state index contributed by atoms with van der Waals surface area (Å²) < 4.78 is 54.3. The Bertz CT molecular complexity index is 1390. The van der Waals surface area contributed by atoms with Gasteiger partial charge in [-0.1, -0.05) is 23.7 Å². The highest BCUT2D eigenvalue weighted by Crippen LogP contribution is 2.47. The minimum atomic E-state index is -3.91. The number of sulfonamides is 1. The average molecular weight is 489 g/mol. The van der Waals surface area contributed by atoms with Crippen LogP contribution in [-0.2, 0) is 10.0 Å². The molecule has 4 aromatic rings. The third-order valence-corrected chi connectivity index (χ3v) is 7.32. The lowest BCUT2D eigenvalue weighted by Crippen LogP contribution is -2.36. The number of nitrogens with one attached hydrogen (secondary N) is 1. The van der Waals surface area contributed by atoms with Crippen molar-refractivity contribution in [2.45, 2.75) is 17.9 Å². The van der Waals surface area contributed by atoms with Gasteiger partial charge in [-0.2, -0.15) is 5.10 Å². The van der Waals surface area contributed by atoms with Crippen molar-refractivity contribution >= 4 is 33.0 Å². The first kappa shape index (κ1) is 22.8. The highest BCUT2D eigenvalue weighted by Gasteiger charge is 2.39. The molecule has 1 aromatic heterocycles. The number of rotatable bonds is 2. The number of H-pyrrole nitrogens is 1. The highest BCUT2D eigenvalue weighted by atomic mass is 35.5. The third-order valence-electron chi connectivity index (χ3n) is 5.17. The van der Waals surface area contributed by atoms with Gasteiger partial charge in [-0.3, -0.25) is 9.40 Å². The van der Waals surface area contributed by atoms with Gasteiger partial charge in [-0.15, -0.1) is 0 Å². The largest absolute Gasteiger partial charge is 0.399 e. The van der Waals surface area contributed by atoms with Crippen molar-refractivity contribution in [3.8, 4) is 11.3 Å². The van der Waals surface area contributed by atoms with Gasteiger partial charge in [0.25, 0.3) is 10.0 Å². The van der Waals surface area contributed by atoms with E-state index in [1.54, 1.807) is 25.1 Å². The maximum absolute atomic E-state index is 14.5. The lowest BCUT2D eigenvalue weighted by molar-refractivity contribution is 0.581. The van der Waals surface area contributed by atoms with E-state index in [9.17, 15) is 17.2 Å². The Labute approximate surface area is 194 Å². The van der Waals surface area contributed by atoms with Crippen LogP contribution in [0.15, 0.2) is 77.8 Å². The first-order valence-electron chi connectivity index (χ1n) is 9.83. The Morgan fingerprint density at radius 2 is 1.76 bits per heavy atom. The summed E-state index contributed by atoms with van der Waals surface area (Å²) in [6.45, 7) is 1.75. The number of benzene rings is 3. The summed E-state index contributed by atoms with van der Waals surface area (Å²) in [5.74, 6) is -0.795. The monoisotopic (exact) mass is 488 g/mol. The van der Waals surface area contributed by atoms with E-state index in [4.69, 9.17) is 17.3 Å². The van der Waals surface area contributed by atoms with Gasteiger partial charge in [-0.05, 0) is 61.5 Å². The molecule has 3 N–H and O–H groups in total. The normalized spacial score (nSPS) is 14.7. The van der Waals surface area contributed by atoms with Crippen molar-refractivity contribution in [1.29, 1.82) is 0 Å². The van der Waals surface area contributed by atoms with Crippen LogP contribution < -0.4 is 10.0 Å². The summed E-state index contributed by atoms with van der Waals surface area (Å²) in [4.78, 5) is 0.0888. The van der Waals surface area contributed by atoms with E-state index < -0.39 is 21.9 Å². The van der Waals surface area contributed by atoms with Crippen molar-refractivity contribution in [2.75, 3.05) is 10.0 Å². The topological polar surface area (TPSA) is 92.1 Å². The van der Waals surface area contributed by atoms with Gasteiger partial charge >= 0.3 is 0 Å². The molecule has 1 unspecified atom stereocenters. The molecule has 170 valence electrons. The van der Waals surface area contributed by atoms with Gasteiger partial charge in [-0.25, -0.2) is 17.2 Å². The molecule has 6 nitrogen and oxygen atoms in total. The smallest absolute Gasteiger partial charge is 0.264 e. The molecule has 0 bridgehead atoms. The molecule has 1 aliphatic rings. The van der Waals surface area contributed by atoms with E-state index in [0.29, 0.717) is 22.0 Å². The zero-order chi connectivity index (χ0) is 23.8. The van der Waals surface area contributed by atoms with Gasteiger partial charge in [0.1, 0.15) is 11.6 Å². The van der Waals surface area contributed by atoms with Crippen LogP contribution in [0, 0.1) is 11.6 Å². The fraction of sp³-hybridized carbons (Fsp3) is 0.0870. The van der Waals surface area contributed by atoms with Crippen LogP contribution >= 0.6 is 11.6 Å². The maximum Gasteiger partial charge on any atom is 0.264 e. The first-order valence-corrected chi connectivity index (χ1v) is 11.6. The van der Waals surface area contributed by atoms with Crippen molar-refractivity contribution in [3.63, 3.8) is 0 Å². The van der Waals surface area contributed by atoms with E-state index in [-0.39, 0.29) is 22.0 Å². The molecule has 2 heterocycles. The van der Waals surface area contributed by atoms with E-state index in [1.807, 2.05) is 0 Å². The zero-order valence-electron chi connectivity index (χ0n) is 17.3. The Morgan fingerprint density at radius 3 is 2.39 bits per heavy atom. The molecule has 0 spiro atoms. The van der Waals surface area contributed by atoms with Crippen LogP contribution in [0.1, 0.15) is 18.5 Å². The van der Waals surface area contributed by atoms with Crippen molar-refractivity contribution in [3.05, 3.63) is 95.1 Å². The number of aromatic amines is 1. The molecule has 0 aliphatic carbocycles. The molecule has 33 heavy (non-hydrogen) atoms. The van der Waals surface area contributed by atoms with Gasteiger partial charge in [0.05, 0.1) is 34.1 Å². The number of halogens is 3. The summed E-state index contributed by atoms with van der Waals surface area (Å²) in [6.07, 6.45) is 1.53. The molecular weight excluding hydrogens is 470 g/mol. The van der Waals surface area contributed by atoms with E-state index in [2.05, 4.69) is 10.2 Å². The number of nitrogens with two attached hydrogens (primary N) is 1. The molecule has 10 heteroatoms. The number of aromatic nitrogens is 2. The van der Waals surface area contributed by atoms with Gasteiger partial charge in [0.15, 0.2) is 0 Å². The van der Waals surface area contributed by atoms with Gasteiger partial charge in [0.2, 0.25) is 0 Å². The molecule has 5 rings (SSSR count). The van der Waals surface area contributed by atoms with Gasteiger partial charge < -0.3 is 5.73 Å². The molecule has 1 aliphatic heterocycles. The maximum atomic E-state index is 14.5. The summed E-state index contributed by atoms with van der Waals surface area (Å²) in [6, 6.07) is 15.6. The SMILES string of the molecule is CC1c2cn[nH]c2-c2c(F)cccc2N1S(=O)(=O)c1ccc(Cl)cc1.Nc1cccc(F)c1. The van der Waals surface area contributed by atoms with Crippen molar-refractivity contribution in [1.82, 2.24) is 10.2 Å². The molecular formula is C23H19ClF2N4O2S. The molecule has 3 aromatic carbocycles. The molecule has 0 saturated carbocycles. The molecule has 1 atom stereocenters. The highest BCUT2D eigenvalue weighted by molar-refractivity contribution is 7.92. The third kappa shape index (κ3) is 4.29. The van der Waals surface area contributed by atoms with Crippen molar-refractivity contribution < 1.29 is 17.2 Å². The van der Waals surface area contributed by atoms with Crippen molar-refractivity contribution in [2.24, 2.45) is 0 Å². The summed E-state index contributed by atoms with van der Waals surface area (Å²) in [5, 5.41) is 7.18. The minimum Gasteiger partial charge on any atom is -0.399 e. The Hall–Kier alpha value is -3.43. The van der Waals surface area contributed by atoms with Crippen LogP contribution in [0.3, 0.4) is 0 Å². The van der Waals surface area contributed by atoms with Gasteiger partial charge in [0, 0.05) is 16.3 Å². The second-order valence-corrected chi connectivity index (χ2v) is 9.57. The quantitative estimate of drug-likeness (QED) is 0.362. The molecule has 0 fully saturated rings. The van der Waals surface area contributed by atoms with Crippen LogP contribution in [-0.4, -0.2) is 18.6 Å². The van der Waals surface area contributed by atoms with Crippen LogP contribution in [0.4, 0.5) is 20.2 Å². The zero-order valence-corrected chi connectivity index (χ0v) is 18.9. The predicted octanol–water partition coefficient (Wildman–Crippen LogP) is 5.55. The fourth-order valence-electron chi connectivity index (χ4n) is 3.66. The second kappa shape index (κ2) is 8.84. The lowest BCUT2D eigenvalue weighted by Gasteiger charge is -2.35. The number of fused-ring (bicyclic) bond motifs is 3. The van der Waals surface area contributed by atoms with Crippen LogP contribution in [0.25, 0.3) is 11.3 Å². The van der Waals surface area contributed by atoms with E-state index in [1.165, 1.54) is 59.0 Å². The fourth-order valence-corrected chi connectivity index (χ4v) is 5.43. The number of hydrogen-bond acceptors (Lipinski definition) is 4. The standard InChI is InChI=1S/C17H13ClFN3O2S.C6H6FN/c1-10-13-9-20-21-17(13)16-14(19)3-2-4-15(16)22(10)25(23,24)12-7-5-11(18)6-8-12;7-5-2-1-3-6(8)4-5/h2-10H,1H3,(H,20,21);1-4H,8H2. The number of nitrogens with zero attached hydrogens (tertiary/aromatic N) is 2. The number of nitrogen functional groups attached to an aromatic ring is 1. The number of anilines is 2. The Kier molecular flexibility index (Phi) is 6.09. The van der Waals surface area contributed by atoms with Crippen LogP contribution in [0.5, 0.6) is 0 Å². The molecule has 0 amide bonds. The van der Waals surface area contributed by atoms with E-state index in [0.717, 1.165) is 0 Å². The Morgan fingerprint density at radius 1 is 1.06 bits per heavy atom.